The number of ether oxygens (including phenoxy) is 2. The van der Waals surface area contributed by atoms with E-state index in [0.29, 0.717) is 5.56 Å². The van der Waals surface area contributed by atoms with Crippen molar-refractivity contribution in [3.05, 3.63) is 54.1 Å². The molecule has 0 unspecified atom stereocenters. The Morgan fingerprint density at radius 1 is 0.862 bits per heavy atom. The molecule has 0 aliphatic heterocycles. The molecule has 0 amide bonds. The topological polar surface area (TPSA) is 61.3 Å². The smallest absolute Gasteiger partial charge is 0.337 e. The standard InChI is InChI=1S/C23H26N2O3S/c1-3-4-5-6-7-16-28-20-14-12-18(13-15-20)22-25-24-21(29-22)17-8-10-19(11-9-17)23(26)27-2/h8-15H,3-7,16H2,1-2H3. The van der Waals surface area contributed by atoms with Crippen molar-refractivity contribution in [3.63, 3.8) is 0 Å². The minimum absolute atomic E-state index is 0.349. The molecule has 0 N–H and O–H groups in total. The molecule has 29 heavy (non-hydrogen) atoms. The zero-order valence-corrected chi connectivity index (χ0v) is 17.7. The molecule has 0 radical (unpaired) electrons. The van der Waals surface area contributed by atoms with Gasteiger partial charge in [0.15, 0.2) is 0 Å². The monoisotopic (exact) mass is 410 g/mol. The van der Waals surface area contributed by atoms with Crippen LogP contribution >= 0.6 is 11.3 Å². The van der Waals surface area contributed by atoms with Gasteiger partial charge in [0.05, 0.1) is 19.3 Å². The first-order chi connectivity index (χ1) is 14.2. The Morgan fingerprint density at radius 3 is 2.03 bits per heavy atom. The molecule has 5 nitrogen and oxygen atoms in total. The fourth-order valence-corrected chi connectivity index (χ4v) is 3.77. The van der Waals surface area contributed by atoms with Crippen LogP contribution in [0.1, 0.15) is 49.4 Å². The van der Waals surface area contributed by atoms with E-state index in [0.717, 1.165) is 39.9 Å². The van der Waals surface area contributed by atoms with E-state index < -0.39 is 0 Å². The predicted molar refractivity (Wildman–Crippen MR) is 116 cm³/mol. The van der Waals surface area contributed by atoms with E-state index in [1.165, 1.54) is 44.1 Å². The molecule has 0 aliphatic rings. The van der Waals surface area contributed by atoms with Gasteiger partial charge in [0, 0.05) is 11.1 Å². The number of rotatable bonds is 10. The lowest BCUT2D eigenvalue weighted by atomic mass is 10.1. The molecule has 0 saturated heterocycles. The van der Waals surface area contributed by atoms with Crippen LogP contribution in [0.4, 0.5) is 0 Å². The molecule has 2 aromatic carbocycles. The Kier molecular flexibility index (Phi) is 7.76. The number of aromatic nitrogens is 2. The average Bonchev–Trinajstić information content (AvgIpc) is 3.26. The molecule has 3 rings (SSSR count). The maximum Gasteiger partial charge on any atom is 0.337 e. The summed E-state index contributed by atoms with van der Waals surface area (Å²) >= 11 is 1.51. The molecule has 152 valence electrons. The number of unbranched alkanes of at least 4 members (excludes halogenated alkanes) is 4. The van der Waals surface area contributed by atoms with Crippen molar-refractivity contribution in [1.29, 1.82) is 0 Å². The summed E-state index contributed by atoms with van der Waals surface area (Å²) in [5, 5.41) is 10.3. The van der Waals surface area contributed by atoms with Gasteiger partial charge in [-0.05, 0) is 42.8 Å². The van der Waals surface area contributed by atoms with Crippen LogP contribution in [0.25, 0.3) is 21.1 Å². The molecule has 0 bridgehead atoms. The second-order valence-corrected chi connectivity index (χ2v) is 7.75. The first kappa shape index (κ1) is 21.0. The SMILES string of the molecule is CCCCCCCOc1ccc(-c2nnc(-c3ccc(C(=O)OC)cc3)s2)cc1. The number of hydrogen-bond donors (Lipinski definition) is 0. The van der Waals surface area contributed by atoms with E-state index in [1.54, 1.807) is 12.1 Å². The highest BCUT2D eigenvalue weighted by Crippen LogP contribution is 2.31. The molecule has 6 heteroatoms. The number of esters is 1. The summed E-state index contributed by atoms with van der Waals surface area (Å²) in [7, 11) is 1.37. The third-order valence-electron chi connectivity index (χ3n) is 4.60. The Morgan fingerprint density at radius 2 is 1.45 bits per heavy atom. The normalized spacial score (nSPS) is 10.7. The van der Waals surface area contributed by atoms with Crippen LogP contribution in [-0.4, -0.2) is 29.9 Å². The summed E-state index contributed by atoms with van der Waals surface area (Å²) < 4.78 is 10.5. The molecule has 0 spiro atoms. The van der Waals surface area contributed by atoms with Gasteiger partial charge in [-0.15, -0.1) is 10.2 Å². The number of carbonyl (C=O) groups excluding carboxylic acids is 1. The van der Waals surface area contributed by atoms with Crippen molar-refractivity contribution < 1.29 is 14.3 Å². The second-order valence-electron chi connectivity index (χ2n) is 6.77. The van der Waals surface area contributed by atoms with Crippen LogP contribution in [0.15, 0.2) is 48.5 Å². The molecule has 0 atom stereocenters. The Bertz CT molecular complexity index is 905. The molecular formula is C23H26N2O3S. The van der Waals surface area contributed by atoms with Gasteiger partial charge in [-0.1, -0.05) is 56.1 Å². The number of methoxy groups -OCH3 is 1. The molecule has 3 aromatic rings. The fraction of sp³-hybridized carbons (Fsp3) is 0.348. The van der Waals surface area contributed by atoms with Gasteiger partial charge >= 0.3 is 5.97 Å². The summed E-state index contributed by atoms with van der Waals surface area (Å²) in [5.41, 5.74) is 2.45. The maximum atomic E-state index is 11.5. The van der Waals surface area contributed by atoms with Crippen LogP contribution in [0.2, 0.25) is 0 Å². The molecule has 0 saturated carbocycles. The van der Waals surface area contributed by atoms with E-state index in [1.807, 2.05) is 36.4 Å². The van der Waals surface area contributed by atoms with Gasteiger partial charge in [-0.2, -0.15) is 0 Å². The zero-order valence-electron chi connectivity index (χ0n) is 16.9. The van der Waals surface area contributed by atoms with Crippen molar-refractivity contribution >= 4 is 17.3 Å². The van der Waals surface area contributed by atoms with E-state index >= 15 is 0 Å². The summed E-state index contributed by atoms with van der Waals surface area (Å²) in [4.78, 5) is 11.5. The first-order valence-corrected chi connectivity index (χ1v) is 10.8. The van der Waals surface area contributed by atoms with Crippen molar-refractivity contribution in [2.75, 3.05) is 13.7 Å². The van der Waals surface area contributed by atoms with Gasteiger partial charge in [0.2, 0.25) is 0 Å². The van der Waals surface area contributed by atoms with Gasteiger partial charge in [-0.3, -0.25) is 0 Å². The fourth-order valence-electron chi connectivity index (χ4n) is 2.91. The van der Waals surface area contributed by atoms with Crippen molar-refractivity contribution in [3.8, 4) is 26.9 Å². The molecule has 0 aliphatic carbocycles. The Hall–Kier alpha value is -2.73. The van der Waals surface area contributed by atoms with Gasteiger partial charge in [0.25, 0.3) is 0 Å². The highest BCUT2D eigenvalue weighted by molar-refractivity contribution is 7.17. The van der Waals surface area contributed by atoms with E-state index in [2.05, 4.69) is 17.1 Å². The third kappa shape index (κ3) is 5.87. The first-order valence-electron chi connectivity index (χ1n) is 9.96. The van der Waals surface area contributed by atoms with Gasteiger partial charge < -0.3 is 9.47 Å². The van der Waals surface area contributed by atoms with Crippen molar-refractivity contribution in [2.45, 2.75) is 39.0 Å². The Balaban J connectivity index is 1.58. The van der Waals surface area contributed by atoms with E-state index in [9.17, 15) is 4.79 Å². The highest BCUT2D eigenvalue weighted by atomic mass is 32.1. The van der Waals surface area contributed by atoms with Crippen LogP contribution in [-0.2, 0) is 4.74 Å². The quantitative estimate of drug-likeness (QED) is 0.303. The van der Waals surface area contributed by atoms with Crippen LogP contribution in [0.3, 0.4) is 0 Å². The summed E-state index contributed by atoms with van der Waals surface area (Å²) in [6, 6.07) is 15.2. The van der Waals surface area contributed by atoms with Gasteiger partial charge in [0.1, 0.15) is 15.8 Å². The number of hydrogen-bond acceptors (Lipinski definition) is 6. The van der Waals surface area contributed by atoms with Gasteiger partial charge in [-0.25, -0.2) is 4.79 Å². The average molecular weight is 411 g/mol. The van der Waals surface area contributed by atoms with Crippen LogP contribution in [0, 0.1) is 0 Å². The lowest BCUT2D eigenvalue weighted by Crippen LogP contribution is -2.00. The summed E-state index contributed by atoms with van der Waals surface area (Å²) in [5.74, 6) is 0.533. The minimum atomic E-state index is -0.349. The molecule has 0 fully saturated rings. The predicted octanol–water partition coefficient (Wildman–Crippen LogP) is 6.01. The maximum absolute atomic E-state index is 11.5. The lowest BCUT2D eigenvalue weighted by Gasteiger charge is -2.06. The number of nitrogens with zero attached hydrogens (tertiary/aromatic N) is 2. The van der Waals surface area contributed by atoms with Crippen LogP contribution in [0.5, 0.6) is 5.75 Å². The number of carbonyl (C=O) groups is 1. The van der Waals surface area contributed by atoms with Crippen molar-refractivity contribution in [1.82, 2.24) is 10.2 Å². The third-order valence-corrected chi connectivity index (χ3v) is 5.62. The second kappa shape index (κ2) is 10.7. The van der Waals surface area contributed by atoms with Crippen molar-refractivity contribution in [2.24, 2.45) is 0 Å². The zero-order chi connectivity index (χ0) is 20.5. The molecule has 1 aromatic heterocycles. The van der Waals surface area contributed by atoms with E-state index in [4.69, 9.17) is 9.47 Å². The highest BCUT2D eigenvalue weighted by Gasteiger charge is 2.10. The lowest BCUT2D eigenvalue weighted by molar-refractivity contribution is 0.0601. The number of benzene rings is 2. The Labute approximate surface area is 175 Å². The minimum Gasteiger partial charge on any atom is -0.494 e. The molecular weight excluding hydrogens is 384 g/mol. The van der Waals surface area contributed by atoms with Crippen LogP contribution < -0.4 is 4.74 Å². The largest absolute Gasteiger partial charge is 0.494 e. The summed E-state index contributed by atoms with van der Waals surface area (Å²) in [6.45, 7) is 2.98. The molecule has 1 heterocycles. The summed E-state index contributed by atoms with van der Waals surface area (Å²) in [6.07, 6.45) is 6.16. The van der Waals surface area contributed by atoms with E-state index in [-0.39, 0.29) is 5.97 Å².